The fourth-order valence-corrected chi connectivity index (χ4v) is 3.67. The molecule has 0 aliphatic rings. The molecule has 0 amide bonds. The van der Waals surface area contributed by atoms with Crippen molar-refractivity contribution in [3.05, 3.63) is 81.7 Å². The van der Waals surface area contributed by atoms with Gasteiger partial charge in [-0.2, -0.15) is 15.0 Å². The number of aromatic nitrogens is 5. The van der Waals surface area contributed by atoms with Gasteiger partial charge in [-0.1, -0.05) is 23.8 Å². The zero-order valence-electron chi connectivity index (χ0n) is 16.7. The van der Waals surface area contributed by atoms with Crippen molar-refractivity contribution in [3.8, 4) is 0 Å². The molecule has 1 aromatic carbocycles. The van der Waals surface area contributed by atoms with Crippen LogP contribution in [0.2, 0.25) is 0 Å². The molecule has 0 spiro atoms. The Hall–Kier alpha value is -3.46. The van der Waals surface area contributed by atoms with Gasteiger partial charge in [-0.15, -0.1) is 11.8 Å². The zero-order chi connectivity index (χ0) is 21.1. The Kier molecular flexibility index (Phi) is 5.62. The molecule has 3 aromatic heterocycles. The third-order valence-electron chi connectivity index (χ3n) is 4.35. The zero-order valence-corrected chi connectivity index (χ0v) is 17.5. The summed E-state index contributed by atoms with van der Waals surface area (Å²) in [5, 5.41) is 3.14. The van der Waals surface area contributed by atoms with Gasteiger partial charge in [0.1, 0.15) is 11.5 Å². The summed E-state index contributed by atoms with van der Waals surface area (Å²) in [7, 11) is 0. The van der Waals surface area contributed by atoms with Crippen LogP contribution in [0.15, 0.2) is 53.5 Å². The first-order valence-electron chi connectivity index (χ1n) is 9.37. The third kappa shape index (κ3) is 4.74. The molecule has 0 bridgehead atoms. The normalized spacial score (nSPS) is 11.0. The molecule has 4 aromatic rings. The van der Waals surface area contributed by atoms with Crippen molar-refractivity contribution in [2.24, 2.45) is 0 Å². The Morgan fingerprint density at radius 1 is 0.967 bits per heavy atom. The molecule has 0 unspecified atom stereocenters. The molecular formula is C21H21N7OS. The number of nitrogens with zero attached hydrogens (tertiary/aromatic N) is 5. The first-order valence-corrected chi connectivity index (χ1v) is 10.5. The summed E-state index contributed by atoms with van der Waals surface area (Å²) < 4.78 is 1.55. The summed E-state index contributed by atoms with van der Waals surface area (Å²) in [6.07, 6.45) is 1.79. The highest BCUT2D eigenvalue weighted by Gasteiger charge is 2.07. The minimum absolute atomic E-state index is 0.0895. The van der Waals surface area contributed by atoms with Crippen molar-refractivity contribution in [2.75, 3.05) is 11.1 Å². The van der Waals surface area contributed by atoms with E-state index in [2.05, 4.69) is 25.3 Å². The molecule has 9 heteroatoms. The van der Waals surface area contributed by atoms with Crippen molar-refractivity contribution in [3.63, 3.8) is 0 Å². The number of nitrogens with two attached hydrogens (primary N) is 1. The minimum atomic E-state index is -0.0895. The molecular weight excluding hydrogens is 398 g/mol. The molecule has 0 saturated carbocycles. The third-order valence-corrected chi connectivity index (χ3v) is 5.31. The van der Waals surface area contributed by atoms with E-state index in [1.54, 1.807) is 28.4 Å². The second kappa shape index (κ2) is 8.50. The summed E-state index contributed by atoms with van der Waals surface area (Å²) in [5.41, 5.74) is 10.2. The number of hydrogen-bond donors (Lipinski definition) is 2. The number of aryl methyl sites for hydroxylation is 2. The van der Waals surface area contributed by atoms with Crippen LogP contribution >= 0.6 is 11.8 Å². The van der Waals surface area contributed by atoms with Crippen LogP contribution in [0.1, 0.15) is 22.6 Å². The lowest BCUT2D eigenvalue weighted by Crippen LogP contribution is -2.15. The molecule has 0 aliphatic carbocycles. The van der Waals surface area contributed by atoms with Crippen LogP contribution in [0.5, 0.6) is 0 Å². The topological polar surface area (TPSA) is 111 Å². The highest BCUT2D eigenvalue weighted by molar-refractivity contribution is 7.97. The minimum Gasteiger partial charge on any atom is -0.368 e. The SMILES string of the molecule is Cc1ccc(Nc2nc(N)nc(CSCc3cc(=O)n4cc(C)ccc4n3)n2)cc1. The van der Waals surface area contributed by atoms with Gasteiger partial charge in [0.05, 0.1) is 11.4 Å². The molecule has 0 aliphatic heterocycles. The molecule has 0 atom stereocenters. The van der Waals surface area contributed by atoms with E-state index < -0.39 is 0 Å². The number of rotatable bonds is 6. The summed E-state index contributed by atoms with van der Waals surface area (Å²) in [6.45, 7) is 3.97. The molecule has 8 nitrogen and oxygen atoms in total. The van der Waals surface area contributed by atoms with Crippen LogP contribution in [-0.2, 0) is 11.5 Å². The van der Waals surface area contributed by atoms with Gasteiger partial charge in [0.25, 0.3) is 5.56 Å². The fourth-order valence-electron chi connectivity index (χ4n) is 2.90. The Balaban J connectivity index is 1.44. The van der Waals surface area contributed by atoms with E-state index in [1.165, 1.54) is 5.56 Å². The van der Waals surface area contributed by atoms with E-state index in [1.807, 2.05) is 50.2 Å². The fraction of sp³-hybridized carbons (Fsp3) is 0.190. The maximum atomic E-state index is 12.3. The Morgan fingerprint density at radius 2 is 1.73 bits per heavy atom. The smallest absolute Gasteiger partial charge is 0.258 e. The van der Waals surface area contributed by atoms with Crippen molar-refractivity contribution >= 4 is 35.0 Å². The Labute approximate surface area is 177 Å². The van der Waals surface area contributed by atoms with Crippen LogP contribution in [0, 0.1) is 13.8 Å². The standard InChI is InChI=1S/C21H21N7OS/c1-13-3-6-15(7-4-13)24-21-26-17(25-20(22)27-21)12-30-11-16-9-19(29)28-10-14(2)5-8-18(28)23-16/h3-10H,11-12H2,1-2H3,(H3,22,24,25,26,27). The van der Waals surface area contributed by atoms with E-state index in [-0.39, 0.29) is 11.5 Å². The van der Waals surface area contributed by atoms with Gasteiger partial charge in [0, 0.05) is 23.7 Å². The monoisotopic (exact) mass is 419 g/mol. The van der Waals surface area contributed by atoms with E-state index in [4.69, 9.17) is 5.73 Å². The predicted octanol–water partition coefficient (Wildman–Crippen LogP) is 3.26. The molecule has 0 radical (unpaired) electrons. The average Bonchev–Trinajstić information content (AvgIpc) is 2.70. The van der Waals surface area contributed by atoms with Crippen LogP contribution < -0.4 is 16.6 Å². The Bertz CT molecular complexity index is 1250. The molecule has 0 fully saturated rings. The second-order valence-electron chi connectivity index (χ2n) is 6.94. The van der Waals surface area contributed by atoms with Crippen molar-refractivity contribution in [2.45, 2.75) is 25.4 Å². The summed E-state index contributed by atoms with van der Waals surface area (Å²) >= 11 is 1.56. The number of fused-ring (bicyclic) bond motifs is 1. The van der Waals surface area contributed by atoms with Gasteiger partial charge < -0.3 is 11.1 Å². The lowest BCUT2D eigenvalue weighted by atomic mass is 10.2. The number of nitrogens with one attached hydrogen (secondary N) is 1. The molecule has 3 N–H and O–H groups in total. The first-order chi connectivity index (χ1) is 14.5. The quantitative estimate of drug-likeness (QED) is 0.490. The maximum Gasteiger partial charge on any atom is 0.258 e. The van der Waals surface area contributed by atoms with Crippen molar-refractivity contribution < 1.29 is 0 Å². The summed E-state index contributed by atoms with van der Waals surface area (Å²) in [4.78, 5) is 29.7. The van der Waals surface area contributed by atoms with Crippen molar-refractivity contribution in [1.29, 1.82) is 0 Å². The van der Waals surface area contributed by atoms with E-state index in [9.17, 15) is 4.79 Å². The van der Waals surface area contributed by atoms with Gasteiger partial charge in [0.2, 0.25) is 11.9 Å². The lowest BCUT2D eigenvalue weighted by molar-refractivity contribution is 0.978. The van der Waals surface area contributed by atoms with Crippen LogP contribution in [0.3, 0.4) is 0 Å². The molecule has 0 saturated heterocycles. The number of hydrogen-bond acceptors (Lipinski definition) is 8. The van der Waals surface area contributed by atoms with Gasteiger partial charge in [0.15, 0.2) is 0 Å². The maximum absolute atomic E-state index is 12.3. The largest absolute Gasteiger partial charge is 0.368 e. The van der Waals surface area contributed by atoms with E-state index >= 15 is 0 Å². The van der Waals surface area contributed by atoms with Gasteiger partial charge in [-0.05, 0) is 37.6 Å². The lowest BCUT2D eigenvalue weighted by Gasteiger charge is -2.08. The second-order valence-corrected chi connectivity index (χ2v) is 7.92. The first kappa shape index (κ1) is 19.8. The Morgan fingerprint density at radius 3 is 2.53 bits per heavy atom. The van der Waals surface area contributed by atoms with Crippen LogP contribution in [0.25, 0.3) is 5.65 Å². The average molecular weight is 420 g/mol. The molecule has 152 valence electrons. The number of nitrogen functional groups attached to an aromatic ring is 1. The highest BCUT2D eigenvalue weighted by Crippen LogP contribution is 2.18. The molecule has 4 rings (SSSR count). The van der Waals surface area contributed by atoms with Gasteiger partial charge in [-0.3, -0.25) is 9.20 Å². The van der Waals surface area contributed by atoms with Crippen LogP contribution in [0.4, 0.5) is 17.6 Å². The number of pyridine rings is 1. The van der Waals surface area contributed by atoms with Gasteiger partial charge in [-0.25, -0.2) is 4.98 Å². The highest BCUT2D eigenvalue weighted by atomic mass is 32.2. The molecule has 30 heavy (non-hydrogen) atoms. The molecule has 3 heterocycles. The van der Waals surface area contributed by atoms with Crippen molar-refractivity contribution in [1.82, 2.24) is 24.3 Å². The predicted molar refractivity (Wildman–Crippen MR) is 120 cm³/mol. The number of thioether (sulfide) groups is 1. The van der Waals surface area contributed by atoms with Gasteiger partial charge >= 0.3 is 0 Å². The number of anilines is 3. The summed E-state index contributed by atoms with van der Waals surface area (Å²) in [6, 6.07) is 13.3. The van der Waals surface area contributed by atoms with Crippen LogP contribution in [-0.4, -0.2) is 24.3 Å². The van der Waals surface area contributed by atoms with E-state index in [0.717, 1.165) is 11.3 Å². The van der Waals surface area contributed by atoms with E-state index in [0.29, 0.717) is 34.6 Å². The summed E-state index contributed by atoms with van der Waals surface area (Å²) in [5.74, 6) is 2.21. The number of benzene rings is 1.